The van der Waals surface area contributed by atoms with Gasteiger partial charge in [0.25, 0.3) is 5.91 Å². The van der Waals surface area contributed by atoms with Gasteiger partial charge in [-0.15, -0.1) is 0 Å². The third-order valence-electron chi connectivity index (χ3n) is 4.23. The third kappa shape index (κ3) is 6.22. The summed E-state index contributed by atoms with van der Waals surface area (Å²) >= 11 is 0. The minimum atomic E-state index is -0.394. The minimum Gasteiger partial charge on any atom is -0.388 e. The molecule has 0 aliphatic carbocycles. The molecule has 6 nitrogen and oxygen atoms in total. The third-order valence-corrected chi connectivity index (χ3v) is 4.23. The number of anilines is 1. The summed E-state index contributed by atoms with van der Waals surface area (Å²) in [6, 6.07) is 9.65. The average Bonchev–Trinajstić information content (AvgIpc) is 2.63. The molecule has 1 aromatic rings. The second-order valence-electron chi connectivity index (χ2n) is 6.45. The second kappa shape index (κ2) is 9.82. The number of hydrogen-bond acceptors (Lipinski definition) is 5. The predicted octanol–water partition coefficient (Wildman–Crippen LogP) is 1.65. The molecular formula is C19H27N5O. The van der Waals surface area contributed by atoms with Gasteiger partial charge in [0.2, 0.25) is 0 Å². The largest absolute Gasteiger partial charge is 0.388 e. The van der Waals surface area contributed by atoms with Crippen molar-refractivity contribution in [3.63, 3.8) is 0 Å². The van der Waals surface area contributed by atoms with E-state index in [1.165, 1.54) is 11.8 Å². The molecule has 0 bridgehead atoms. The van der Waals surface area contributed by atoms with Crippen LogP contribution in [-0.2, 0) is 4.79 Å². The Bertz CT molecular complexity index is 624. The Balaban J connectivity index is 1.81. The van der Waals surface area contributed by atoms with Crippen LogP contribution in [0.4, 0.5) is 5.69 Å². The molecule has 0 saturated carbocycles. The number of rotatable bonds is 7. The molecule has 1 aromatic carbocycles. The maximum Gasteiger partial charge on any atom is 0.267 e. The first-order valence-electron chi connectivity index (χ1n) is 8.78. The van der Waals surface area contributed by atoms with Gasteiger partial charge in [0, 0.05) is 51.2 Å². The van der Waals surface area contributed by atoms with Crippen LogP contribution in [0.5, 0.6) is 0 Å². The lowest BCUT2D eigenvalue weighted by Gasteiger charge is -2.26. The zero-order chi connectivity index (χ0) is 18.1. The minimum absolute atomic E-state index is 0.0771. The number of carbonyl (C=O) groups is 1. The first-order valence-corrected chi connectivity index (χ1v) is 8.78. The van der Waals surface area contributed by atoms with Gasteiger partial charge in [-0.1, -0.05) is 26.0 Å². The number of piperazine rings is 1. The summed E-state index contributed by atoms with van der Waals surface area (Å²) in [4.78, 5) is 14.5. The molecule has 0 spiro atoms. The highest BCUT2D eigenvalue weighted by molar-refractivity contribution is 6.06. The molecule has 2 rings (SSSR count). The van der Waals surface area contributed by atoms with Crippen molar-refractivity contribution < 1.29 is 4.79 Å². The summed E-state index contributed by atoms with van der Waals surface area (Å²) in [6.07, 6.45) is 1.50. The molecule has 1 aliphatic heterocycles. The molecule has 6 heteroatoms. The number of nitrogens with zero attached hydrogens (tertiary/aromatic N) is 2. The molecular weight excluding hydrogens is 314 g/mol. The summed E-state index contributed by atoms with van der Waals surface area (Å²) in [5, 5.41) is 18.3. The van der Waals surface area contributed by atoms with Crippen molar-refractivity contribution in [2.24, 2.45) is 0 Å². The van der Waals surface area contributed by atoms with Gasteiger partial charge in [-0.05, 0) is 23.6 Å². The van der Waals surface area contributed by atoms with Crippen LogP contribution in [0.2, 0.25) is 0 Å². The second-order valence-corrected chi connectivity index (χ2v) is 6.45. The highest BCUT2D eigenvalue weighted by atomic mass is 16.1. The molecule has 1 saturated heterocycles. The van der Waals surface area contributed by atoms with Crippen molar-refractivity contribution in [3.05, 3.63) is 41.6 Å². The van der Waals surface area contributed by atoms with E-state index in [2.05, 4.69) is 34.7 Å². The van der Waals surface area contributed by atoms with Gasteiger partial charge in [0.1, 0.15) is 11.6 Å². The van der Waals surface area contributed by atoms with Crippen LogP contribution in [-0.4, -0.2) is 50.1 Å². The van der Waals surface area contributed by atoms with Crippen LogP contribution in [0.15, 0.2) is 36.0 Å². The topological polar surface area (TPSA) is 80.2 Å². The Kier molecular flexibility index (Phi) is 7.45. The number of amides is 1. The van der Waals surface area contributed by atoms with E-state index in [9.17, 15) is 10.1 Å². The molecule has 0 unspecified atom stereocenters. The van der Waals surface area contributed by atoms with E-state index in [4.69, 9.17) is 0 Å². The molecule has 0 atom stereocenters. The molecule has 25 heavy (non-hydrogen) atoms. The van der Waals surface area contributed by atoms with E-state index in [1.807, 2.05) is 30.3 Å². The Morgan fingerprint density at radius 3 is 2.60 bits per heavy atom. The number of hydrogen-bond donors (Lipinski definition) is 3. The molecule has 0 radical (unpaired) electrons. The van der Waals surface area contributed by atoms with Crippen molar-refractivity contribution in [2.45, 2.75) is 19.8 Å². The maximum absolute atomic E-state index is 12.2. The van der Waals surface area contributed by atoms with E-state index in [-0.39, 0.29) is 5.57 Å². The fourth-order valence-electron chi connectivity index (χ4n) is 2.63. The van der Waals surface area contributed by atoms with Gasteiger partial charge in [-0.25, -0.2) is 0 Å². The standard InChI is InChI=1S/C19H27N5O/c1-15(2)16-3-5-18(6-4-16)23-19(25)17(13-20)14-22-9-12-24-10-7-21-8-11-24/h3-6,14-15,21-22H,7-12H2,1-2H3,(H,23,25)/b17-14-. The summed E-state index contributed by atoms with van der Waals surface area (Å²) in [6.45, 7) is 9.93. The van der Waals surface area contributed by atoms with Gasteiger partial charge in [0.05, 0.1) is 0 Å². The van der Waals surface area contributed by atoms with E-state index < -0.39 is 5.91 Å². The van der Waals surface area contributed by atoms with Crippen LogP contribution in [0, 0.1) is 11.3 Å². The summed E-state index contributed by atoms with van der Waals surface area (Å²) < 4.78 is 0. The van der Waals surface area contributed by atoms with Gasteiger partial charge in [0.15, 0.2) is 0 Å². The van der Waals surface area contributed by atoms with E-state index in [0.29, 0.717) is 18.2 Å². The van der Waals surface area contributed by atoms with Crippen LogP contribution in [0.25, 0.3) is 0 Å². The van der Waals surface area contributed by atoms with Crippen LogP contribution in [0.3, 0.4) is 0 Å². The molecule has 3 N–H and O–H groups in total. The molecule has 1 fully saturated rings. The highest BCUT2D eigenvalue weighted by Crippen LogP contribution is 2.17. The van der Waals surface area contributed by atoms with Gasteiger partial charge in [-0.2, -0.15) is 5.26 Å². The highest BCUT2D eigenvalue weighted by Gasteiger charge is 2.10. The van der Waals surface area contributed by atoms with Crippen molar-refractivity contribution in [1.29, 1.82) is 5.26 Å². The van der Waals surface area contributed by atoms with Crippen LogP contribution in [0.1, 0.15) is 25.3 Å². The smallest absolute Gasteiger partial charge is 0.267 e. The Morgan fingerprint density at radius 1 is 1.32 bits per heavy atom. The summed E-state index contributed by atoms with van der Waals surface area (Å²) in [5.41, 5.74) is 1.98. The van der Waals surface area contributed by atoms with Crippen molar-refractivity contribution in [2.75, 3.05) is 44.6 Å². The lowest BCUT2D eigenvalue weighted by Crippen LogP contribution is -2.45. The summed E-state index contributed by atoms with van der Waals surface area (Å²) in [7, 11) is 0. The lowest BCUT2D eigenvalue weighted by molar-refractivity contribution is -0.112. The first-order chi connectivity index (χ1) is 12.1. The quantitative estimate of drug-likeness (QED) is 0.399. The van der Waals surface area contributed by atoms with Gasteiger partial charge < -0.3 is 16.0 Å². The van der Waals surface area contributed by atoms with Crippen LogP contribution >= 0.6 is 0 Å². The van der Waals surface area contributed by atoms with E-state index in [1.54, 1.807) is 0 Å². The van der Waals surface area contributed by atoms with Gasteiger partial charge in [-0.3, -0.25) is 9.69 Å². The first kappa shape index (κ1) is 19.0. The molecule has 134 valence electrons. The molecule has 1 amide bonds. The maximum atomic E-state index is 12.2. The van der Waals surface area contributed by atoms with E-state index in [0.717, 1.165) is 32.7 Å². The van der Waals surface area contributed by atoms with E-state index >= 15 is 0 Å². The van der Waals surface area contributed by atoms with Crippen LogP contribution < -0.4 is 16.0 Å². The Hall–Kier alpha value is -2.36. The summed E-state index contributed by atoms with van der Waals surface area (Å²) in [5.74, 6) is 0.0497. The number of nitriles is 1. The zero-order valence-electron chi connectivity index (χ0n) is 15.0. The molecule has 1 aliphatic rings. The monoisotopic (exact) mass is 341 g/mol. The van der Waals surface area contributed by atoms with Gasteiger partial charge >= 0.3 is 0 Å². The fourth-order valence-corrected chi connectivity index (χ4v) is 2.63. The Labute approximate surface area is 149 Å². The number of carbonyl (C=O) groups excluding carboxylic acids is 1. The normalized spacial score (nSPS) is 15.7. The molecule has 0 aromatic heterocycles. The zero-order valence-corrected chi connectivity index (χ0v) is 15.0. The predicted molar refractivity (Wildman–Crippen MR) is 100 cm³/mol. The van der Waals surface area contributed by atoms with Crippen molar-refractivity contribution in [3.8, 4) is 6.07 Å². The van der Waals surface area contributed by atoms with Crippen molar-refractivity contribution >= 4 is 11.6 Å². The average molecular weight is 341 g/mol. The molecule has 1 heterocycles. The lowest BCUT2D eigenvalue weighted by atomic mass is 10.0. The fraction of sp³-hybridized carbons (Fsp3) is 0.474. The van der Waals surface area contributed by atoms with Crippen molar-refractivity contribution in [1.82, 2.24) is 15.5 Å². The number of nitrogens with one attached hydrogen (secondary N) is 3. The SMILES string of the molecule is CC(C)c1ccc(NC(=O)/C(C#N)=C\NCCN2CCNCC2)cc1. The number of benzene rings is 1. The Morgan fingerprint density at radius 2 is 2.00 bits per heavy atom.